The summed E-state index contributed by atoms with van der Waals surface area (Å²) in [5.74, 6) is 0.286. The highest BCUT2D eigenvalue weighted by Crippen LogP contribution is 2.30. The highest BCUT2D eigenvalue weighted by molar-refractivity contribution is 7.92. The van der Waals surface area contributed by atoms with Crippen LogP contribution in [0.3, 0.4) is 0 Å². The molecular formula is C27H34N4O5S. The average Bonchev–Trinajstić information content (AvgIpc) is 3.19. The fourth-order valence-corrected chi connectivity index (χ4v) is 5.41. The number of likely N-dealkylation sites (N-methyl/N-ethyl adjacent to an activating group) is 1. The Bertz CT molecular complexity index is 1360. The third-order valence-corrected chi connectivity index (χ3v) is 7.68. The second-order valence-electron chi connectivity index (χ2n) is 9.19. The van der Waals surface area contributed by atoms with E-state index in [-0.39, 0.29) is 41.4 Å². The van der Waals surface area contributed by atoms with Gasteiger partial charge in [0.25, 0.3) is 10.0 Å². The van der Waals surface area contributed by atoms with E-state index >= 15 is 0 Å². The van der Waals surface area contributed by atoms with Crippen LogP contribution in [0.15, 0.2) is 57.9 Å². The SMILES string of the molecule is CCC(=O)N(Cc1ccc(-c2ccccc2S(=O)(=O)Nc2noc(C)c2C)cc1)[C@H](C(=O)NC)C(C)C. The van der Waals surface area contributed by atoms with Crippen molar-refractivity contribution in [3.8, 4) is 11.1 Å². The van der Waals surface area contributed by atoms with Gasteiger partial charge in [-0.15, -0.1) is 0 Å². The van der Waals surface area contributed by atoms with Crippen LogP contribution in [0.4, 0.5) is 5.82 Å². The topological polar surface area (TPSA) is 122 Å². The Morgan fingerprint density at radius 2 is 1.70 bits per heavy atom. The second-order valence-corrected chi connectivity index (χ2v) is 10.8. The zero-order valence-corrected chi connectivity index (χ0v) is 22.8. The number of amides is 2. The minimum Gasteiger partial charge on any atom is -0.359 e. The molecule has 0 saturated heterocycles. The molecule has 3 rings (SSSR count). The van der Waals surface area contributed by atoms with Crippen molar-refractivity contribution < 1.29 is 22.5 Å². The van der Waals surface area contributed by atoms with Gasteiger partial charge in [0, 0.05) is 31.1 Å². The second kappa shape index (κ2) is 11.6. The van der Waals surface area contributed by atoms with E-state index in [4.69, 9.17) is 4.52 Å². The highest BCUT2D eigenvalue weighted by Gasteiger charge is 2.31. The maximum atomic E-state index is 13.2. The smallest absolute Gasteiger partial charge is 0.263 e. The van der Waals surface area contributed by atoms with E-state index in [1.807, 2.05) is 38.1 Å². The summed E-state index contributed by atoms with van der Waals surface area (Å²) in [6.45, 7) is 9.29. The fraction of sp³-hybridized carbons (Fsp3) is 0.370. The molecule has 0 unspecified atom stereocenters. The monoisotopic (exact) mass is 526 g/mol. The van der Waals surface area contributed by atoms with Gasteiger partial charge in [-0.2, -0.15) is 0 Å². The number of rotatable bonds is 10. The zero-order valence-electron chi connectivity index (χ0n) is 22.0. The molecule has 0 aliphatic heterocycles. The van der Waals surface area contributed by atoms with Gasteiger partial charge in [-0.1, -0.05) is 68.4 Å². The number of carbonyl (C=O) groups is 2. The first-order valence-electron chi connectivity index (χ1n) is 12.1. The van der Waals surface area contributed by atoms with Crippen LogP contribution in [0.1, 0.15) is 44.1 Å². The van der Waals surface area contributed by atoms with Gasteiger partial charge in [0.2, 0.25) is 11.8 Å². The lowest BCUT2D eigenvalue weighted by Crippen LogP contribution is -2.51. The zero-order chi connectivity index (χ0) is 27.3. The van der Waals surface area contributed by atoms with Crippen molar-refractivity contribution in [1.82, 2.24) is 15.4 Å². The number of hydrogen-bond donors (Lipinski definition) is 2. The summed E-state index contributed by atoms with van der Waals surface area (Å²) < 4.78 is 34.1. The molecule has 3 aromatic rings. The van der Waals surface area contributed by atoms with Crippen LogP contribution >= 0.6 is 0 Å². The molecule has 10 heteroatoms. The third-order valence-electron chi connectivity index (χ3n) is 6.29. The van der Waals surface area contributed by atoms with Gasteiger partial charge < -0.3 is 14.7 Å². The number of aromatic nitrogens is 1. The van der Waals surface area contributed by atoms with Crippen LogP contribution in [0.2, 0.25) is 0 Å². The quantitative estimate of drug-likeness (QED) is 0.407. The number of hydrogen-bond acceptors (Lipinski definition) is 6. The Kier molecular flexibility index (Phi) is 8.75. The van der Waals surface area contributed by atoms with Gasteiger partial charge in [0.1, 0.15) is 11.8 Å². The third kappa shape index (κ3) is 6.19. The van der Waals surface area contributed by atoms with E-state index in [2.05, 4.69) is 15.2 Å². The molecule has 0 aliphatic rings. The van der Waals surface area contributed by atoms with E-state index in [1.54, 1.807) is 50.9 Å². The minimum atomic E-state index is -3.95. The first kappa shape index (κ1) is 27.9. The maximum absolute atomic E-state index is 13.2. The Labute approximate surface area is 218 Å². The molecule has 2 N–H and O–H groups in total. The van der Waals surface area contributed by atoms with Crippen molar-refractivity contribution in [2.75, 3.05) is 11.8 Å². The lowest BCUT2D eigenvalue weighted by Gasteiger charge is -2.33. The van der Waals surface area contributed by atoms with Gasteiger partial charge in [0.05, 0.1) is 4.90 Å². The number of aryl methyl sites for hydroxylation is 1. The molecule has 198 valence electrons. The van der Waals surface area contributed by atoms with E-state index in [1.165, 1.54) is 6.07 Å². The van der Waals surface area contributed by atoms with E-state index < -0.39 is 16.1 Å². The minimum absolute atomic E-state index is 0.0727. The molecule has 9 nitrogen and oxygen atoms in total. The number of nitrogens with zero attached hydrogens (tertiary/aromatic N) is 2. The molecule has 37 heavy (non-hydrogen) atoms. The molecule has 2 amide bonds. The van der Waals surface area contributed by atoms with E-state index in [9.17, 15) is 18.0 Å². The first-order valence-corrected chi connectivity index (χ1v) is 13.6. The Morgan fingerprint density at radius 1 is 1.05 bits per heavy atom. The molecule has 0 saturated carbocycles. The van der Waals surface area contributed by atoms with Crippen LogP contribution in [-0.4, -0.2) is 43.4 Å². The molecule has 1 aromatic heterocycles. The molecular weight excluding hydrogens is 492 g/mol. The summed E-state index contributed by atoms with van der Waals surface area (Å²) in [6, 6.07) is 13.4. The summed E-state index contributed by atoms with van der Waals surface area (Å²) in [5, 5.41) is 6.47. The van der Waals surface area contributed by atoms with Crippen molar-refractivity contribution >= 4 is 27.7 Å². The molecule has 0 radical (unpaired) electrons. The summed E-state index contributed by atoms with van der Waals surface area (Å²) in [6.07, 6.45) is 0.279. The standard InChI is InChI=1S/C27H34N4O5S/c1-7-24(32)31(25(17(2)3)27(33)28-6)16-20-12-14-21(15-13-20)22-10-8-9-11-23(22)37(34,35)30-26-18(4)19(5)36-29-26/h8-15,17,25H,7,16H2,1-6H3,(H,28,33)(H,29,30)/t25-/m0/s1. The lowest BCUT2D eigenvalue weighted by atomic mass is 9.99. The fourth-order valence-electron chi connectivity index (χ4n) is 4.12. The Hall–Kier alpha value is -3.66. The molecule has 1 heterocycles. The normalized spacial score (nSPS) is 12.3. The van der Waals surface area contributed by atoms with E-state index in [0.29, 0.717) is 22.5 Å². The van der Waals surface area contributed by atoms with Crippen molar-refractivity contribution in [3.05, 3.63) is 65.4 Å². The number of anilines is 1. The molecule has 2 aromatic carbocycles. The van der Waals surface area contributed by atoms with Crippen LogP contribution in [0, 0.1) is 19.8 Å². The van der Waals surface area contributed by atoms with Crippen LogP contribution in [-0.2, 0) is 26.2 Å². The predicted molar refractivity (Wildman–Crippen MR) is 142 cm³/mol. The molecule has 0 spiro atoms. The van der Waals surface area contributed by atoms with Gasteiger partial charge in [0.15, 0.2) is 5.82 Å². The van der Waals surface area contributed by atoms with Crippen LogP contribution in [0.5, 0.6) is 0 Å². The van der Waals surface area contributed by atoms with Gasteiger partial charge in [-0.25, -0.2) is 8.42 Å². The van der Waals surface area contributed by atoms with Crippen LogP contribution < -0.4 is 10.0 Å². The number of carbonyl (C=O) groups excluding carboxylic acids is 2. The first-order chi connectivity index (χ1) is 17.5. The van der Waals surface area contributed by atoms with Crippen molar-refractivity contribution in [1.29, 1.82) is 0 Å². The van der Waals surface area contributed by atoms with Crippen LogP contribution in [0.25, 0.3) is 11.1 Å². The number of sulfonamides is 1. The van der Waals surface area contributed by atoms with Gasteiger partial charge in [-0.05, 0) is 37.0 Å². The van der Waals surface area contributed by atoms with Crippen molar-refractivity contribution in [2.45, 2.75) is 58.5 Å². The summed E-state index contributed by atoms with van der Waals surface area (Å²) >= 11 is 0. The maximum Gasteiger partial charge on any atom is 0.263 e. The largest absolute Gasteiger partial charge is 0.359 e. The van der Waals surface area contributed by atoms with Crippen molar-refractivity contribution in [2.24, 2.45) is 5.92 Å². The van der Waals surface area contributed by atoms with Gasteiger partial charge >= 0.3 is 0 Å². The highest BCUT2D eigenvalue weighted by atomic mass is 32.2. The number of nitrogens with one attached hydrogen (secondary N) is 2. The summed E-state index contributed by atoms with van der Waals surface area (Å²) in [7, 11) is -2.39. The van der Waals surface area contributed by atoms with E-state index in [0.717, 1.165) is 5.56 Å². The average molecular weight is 527 g/mol. The lowest BCUT2D eigenvalue weighted by molar-refractivity contribution is -0.142. The molecule has 0 aliphatic carbocycles. The van der Waals surface area contributed by atoms with Crippen molar-refractivity contribution in [3.63, 3.8) is 0 Å². The molecule has 0 fully saturated rings. The molecule has 0 bridgehead atoms. The Balaban J connectivity index is 1.92. The predicted octanol–water partition coefficient (Wildman–Crippen LogP) is 4.27. The summed E-state index contributed by atoms with van der Waals surface area (Å²) in [5.41, 5.74) is 2.66. The Morgan fingerprint density at radius 3 is 2.24 bits per heavy atom. The number of benzene rings is 2. The summed E-state index contributed by atoms with van der Waals surface area (Å²) in [4.78, 5) is 27.0. The van der Waals surface area contributed by atoms with Gasteiger partial charge in [-0.3, -0.25) is 14.3 Å². The molecule has 1 atom stereocenters.